The van der Waals surface area contributed by atoms with Crippen LogP contribution in [-0.4, -0.2) is 29.1 Å². The van der Waals surface area contributed by atoms with Crippen LogP contribution in [0.1, 0.15) is 10.5 Å². The number of amides is 1. The minimum atomic E-state index is -0.683. The van der Waals surface area contributed by atoms with Crippen LogP contribution < -0.4 is 15.2 Å². The molecule has 0 bridgehead atoms. The molecule has 3 rings (SSSR count). The molecule has 0 aliphatic heterocycles. The van der Waals surface area contributed by atoms with Gasteiger partial charge in [0.25, 0.3) is 5.91 Å². The lowest BCUT2D eigenvalue weighted by Gasteiger charge is -2.13. The zero-order chi connectivity index (χ0) is 19.2. The van der Waals surface area contributed by atoms with Crippen LogP contribution in [0.15, 0.2) is 54.9 Å². The summed E-state index contributed by atoms with van der Waals surface area (Å²) in [6.45, 7) is 0.330. The van der Waals surface area contributed by atoms with Gasteiger partial charge >= 0.3 is 0 Å². The number of hydrogen-bond acceptors (Lipinski definition) is 5. The van der Waals surface area contributed by atoms with E-state index in [1.165, 1.54) is 42.7 Å². The van der Waals surface area contributed by atoms with Crippen molar-refractivity contribution in [3.8, 4) is 22.6 Å². The Morgan fingerprint density at radius 2 is 1.70 bits per heavy atom. The Kier molecular flexibility index (Phi) is 5.55. The molecule has 2 heterocycles. The van der Waals surface area contributed by atoms with E-state index >= 15 is 0 Å². The highest BCUT2D eigenvalue weighted by atomic mass is 19.1. The molecular weight excluding hydrogens is 356 g/mol. The van der Waals surface area contributed by atoms with Crippen molar-refractivity contribution in [1.82, 2.24) is 9.97 Å². The van der Waals surface area contributed by atoms with Crippen LogP contribution >= 0.6 is 0 Å². The number of halogens is 2. The SMILES string of the molecule is NC(=O)c1cc(-c2ccc(F)cc2)c(OCCOc2ccc(F)nc2)cn1. The molecule has 1 amide bonds. The Hall–Kier alpha value is -3.55. The zero-order valence-corrected chi connectivity index (χ0v) is 14.1. The number of aromatic nitrogens is 2. The van der Waals surface area contributed by atoms with Gasteiger partial charge in [-0.05, 0) is 35.9 Å². The summed E-state index contributed by atoms with van der Waals surface area (Å²) in [5.74, 6) is -0.875. The van der Waals surface area contributed by atoms with Crippen LogP contribution in [0.4, 0.5) is 8.78 Å². The summed E-state index contributed by atoms with van der Waals surface area (Å²) in [5.41, 5.74) is 6.52. The van der Waals surface area contributed by atoms with Gasteiger partial charge in [0.05, 0.1) is 12.4 Å². The van der Waals surface area contributed by atoms with Crippen LogP contribution in [-0.2, 0) is 0 Å². The molecule has 8 heteroatoms. The highest BCUT2D eigenvalue weighted by molar-refractivity contribution is 5.92. The van der Waals surface area contributed by atoms with Crippen molar-refractivity contribution in [2.75, 3.05) is 13.2 Å². The average Bonchev–Trinajstić information content (AvgIpc) is 2.67. The molecule has 6 nitrogen and oxygen atoms in total. The van der Waals surface area contributed by atoms with Gasteiger partial charge in [-0.3, -0.25) is 4.79 Å². The van der Waals surface area contributed by atoms with Gasteiger partial charge in [-0.1, -0.05) is 12.1 Å². The van der Waals surface area contributed by atoms with Crippen molar-refractivity contribution in [2.45, 2.75) is 0 Å². The Balaban J connectivity index is 1.72. The van der Waals surface area contributed by atoms with E-state index in [1.54, 1.807) is 12.1 Å². The molecule has 2 aromatic heterocycles. The van der Waals surface area contributed by atoms with E-state index in [2.05, 4.69) is 9.97 Å². The number of benzene rings is 1. The first kappa shape index (κ1) is 18.2. The number of nitrogens with zero attached hydrogens (tertiary/aromatic N) is 2. The predicted molar refractivity (Wildman–Crippen MR) is 93.3 cm³/mol. The van der Waals surface area contributed by atoms with Gasteiger partial charge < -0.3 is 15.2 Å². The Labute approximate surface area is 153 Å². The van der Waals surface area contributed by atoms with Crippen LogP contribution in [0.5, 0.6) is 11.5 Å². The van der Waals surface area contributed by atoms with E-state index in [1.807, 2.05) is 0 Å². The Bertz CT molecular complexity index is 932. The maximum Gasteiger partial charge on any atom is 0.267 e. The van der Waals surface area contributed by atoms with Crippen molar-refractivity contribution in [2.24, 2.45) is 5.73 Å². The second-order valence-electron chi connectivity index (χ2n) is 5.45. The number of rotatable bonds is 7. The Morgan fingerprint density at radius 3 is 2.37 bits per heavy atom. The summed E-state index contributed by atoms with van der Waals surface area (Å²) in [4.78, 5) is 18.8. The van der Waals surface area contributed by atoms with Gasteiger partial charge in [-0.2, -0.15) is 4.39 Å². The summed E-state index contributed by atoms with van der Waals surface area (Å²) in [7, 11) is 0. The number of carbonyl (C=O) groups is 1. The van der Waals surface area contributed by atoms with E-state index in [0.29, 0.717) is 22.6 Å². The number of pyridine rings is 2. The molecule has 0 saturated heterocycles. The smallest absolute Gasteiger partial charge is 0.267 e. The second kappa shape index (κ2) is 8.22. The average molecular weight is 371 g/mol. The molecule has 3 aromatic rings. The topological polar surface area (TPSA) is 87.3 Å². The molecule has 0 spiro atoms. The van der Waals surface area contributed by atoms with Crippen LogP contribution in [0.3, 0.4) is 0 Å². The summed E-state index contributed by atoms with van der Waals surface area (Å²) in [5, 5.41) is 0. The number of nitrogens with two attached hydrogens (primary N) is 1. The largest absolute Gasteiger partial charge is 0.488 e. The van der Waals surface area contributed by atoms with E-state index in [-0.39, 0.29) is 24.7 Å². The molecule has 0 atom stereocenters. The molecular formula is C19H15F2N3O3. The van der Waals surface area contributed by atoms with E-state index < -0.39 is 11.9 Å². The van der Waals surface area contributed by atoms with E-state index in [4.69, 9.17) is 15.2 Å². The molecule has 0 saturated carbocycles. The quantitative estimate of drug-likeness (QED) is 0.510. The molecule has 1 aromatic carbocycles. The summed E-state index contributed by atoms with van der Waals surface area (Å²) < 4.78 is 37.0. The lowest BCUT2D eigenvalue weighted by atomic mass is 10.0. The summed E-state index contributed by atoms with van der Waals surface area (Å²) in [6.07, 6.45) is 2.64. The Morgan fingerprint density at radius 1 is 0.963 bits per heavy atom. The predicted octanol–water partition coefficient (Wildman–Crippen LogP) is 2.98. The summed E-state index contributed by atoms with van der Waals surface area (Å²) in [6, 6.07) is 9.84. The maximum absolute atomic E-state index is 13.2. The molecule has 0 aliphatic carbocycles. The number of ether oxygens (including phenoxy) is 2. The second-order valence-corrected chi connectivity index (χ2v) is 5.45. The monoisotopic (exact) mass is 371 g/mol. The third kappa shape index (κ3) is 4.75. The lowest BCUT2D eigenvalue weighted by Crippen LogP contribution is -2.14. The van der Waals surface area contributed by atoms with Gasteiger partial charge in [-0.25, -0.2) is 14.4 Å². The standard InChI is InChI=1S/C19H15F2N3O3/c20-13-3-1-12(2-4-13)15-9-16(19(22)25)23-11-17(15)27-8-7-26-14-5-6-18(21)24-10-14/h1-6,9-11H,7-8H2,(H2,22,25). The van der Waals surface area contributed by atoms with Gasteiger partial charge in [0.1, 0.15) is 36.2 Å². The van der Waals surface area contributed by atoms with Crippen LogP contribution in [0.25, 0.3) is 11.1 Å². The molecule has 0 unspecified atom stereocenters. The fourth-order valence-corrected chi connectivity index (χ4v) is 2.31. The minimum Gasteiger partial charge on any atom is -0.488 e. The van der Waals surface area contributed by atoms with E-state index in [9.17, 15) is 13.6 Å². The first-order chi connectivity index (χ1) is 13.0. The van der Waals surface area contributed by atoms with Crippen LogP contribution in [0.2, 0.25) is 0 Å². The van der Waals surface area contributed by atoms with Gasteiger partial charge in [0.15, 0.2) is 0 Å². The highest BCUT2D eigenvalue weighted by Gasteiger charge is 2.12. The first-order valence-electron chi connectivity index (χ1n) is 7.96. The van der Waals surface area contributed by atoms with Gasteiger partial charge in [-0.15, -0.1) is 0 Å². The van der Waals surface area contributed by atoms with Crippen LogP contribution in [0, 0.1) is 11.8 Å². The molecule has 0 aliphatic rings. The molecule has 27 heavy (non-hydrogen) atoms. The zero-order valence-electron chi connectivity index (χ0n) is 14.1. The van der Waals surface area contributed by atoms with E-state index in [0.717, 1.165) is 0 Å². The third-order valence-corrected chi connectivity index (χ3v) is 3.58. The van der Waals surface area contributed by atoms with Gasteiger partial charge in [0.2, 0.25) is 5.95 Å². The number of hydrogen-bond donors (Lipinski definition) is 1. The fourth-order valence-electron chi connectivity index (χ4n) is 2.31. The van der Waals surface area contributed by atoms with Crippen molar-refractivity contribution in [3.63, 3.8) is 0 Å². The molecule has 0 radical (unpaired) electrons. The van der Waals surface area contributed by atoms with Crippen molar-refractivity contribution in [1.29, 1.82) is 0 Å². The van der Waals surface area contributed by atoms with Crippen molar-refractivity contribution in [3.05, 3.63) is 72.3 Å². The lowest BCUT2D eigenvalue weighted by molar-refractivity contribution is 0.0995. The number of carbonyl (C=O) groups excluding carboxylic acids is 1. The minimum absolute atomic E-state index is 0.0651. The normalized spacial score (nSPS) is 10.4. The fraction of sp³-hybridized carbons (Fsp3) is 0.105. The molecule has 2 N–H and O–H groups in total. The van der Waals surface area contributed by atoms with Crippen molar-refractivity contribution >= 4 is 5.91 Å². The van der Waals surface area contributed by atoms with Crippen molar-refractivity contribution < 1.29 is 23.0 Å². The first-order valence-corrected chi connectivity index (χ1v) is 7.96. The van der Waals surface area contributed by atoms with Gasteiger partial charge in [0, 0.05) is 5.56 Å². The molecule has 0 fully saturated rings. The third-order valence-electron chi connectivity index (χ3n) is 3.58. The number of primary amides is 1. The molecule has 138 valence electrons. The summed E-state index contributed by atoms with van der Waals surface area (Å²) >= 11 is 0. The maximum atomic E-state index is 13.2. The highest BCUT2D eigenvalue weighted by Crippen LogP contribution is 2.30.